The van der Waals surface area contributed by atoms with Gasteiger partial charge in [-0.1, -0.05) is 29.3 Å². The van der Waals surface area contributed by atoms with E-state index in [0.717, 1.165) is 11.1 Å². The van der Waals surface area contributed by atoms with Gasteiger partial charge in [0.1, 0.15) is 0 Å². The highest BCUT2D eigenvalue weighted by Gasteiger charge is 2.06. The summed E-state index contributed by atoms with van der Waals surface area (Å²) in [5, 5.41) is 1.27. The molecule has 3 heteroatoms. The van der Waals surface area contributed by atoms with E-state index in [2.05, 4.69) is 11.2 Å². The highest BCUT2D eigenvalue weighted by Crippen LogP contribution is 2.33. The molecule has 2 aromatic rings. The molecule has 0 fully saturated rings. The van der Waals surface area contributed by atoms with Gasteiger partial charge >= 0.3 is 0 Å². The summed E-state index contributed by atoms with van der Waals surface area (Å²) >= 11 is 12.1. The average molecular weight is 223 g/mol. The van der Waals surface area contributed by atoms with Crippen LogP contribution >= 0.6 is 23.2 Å². The maximum absolute atomic E-state index is 6.05. The van der Waals surface area contributed by atoms with E-state index in [0.29, 0.717) is 10.0 Å². The molecule has 0 aliphatic heterocycles. The van der Waals surface area contributed by atoms with Crippen molar-refractivity contribution in [2.45, 2.75) is 0 Å². The molecule has 0 saturated carbocycles. The molecular weight excluding hydrogens is 217 g/mol. The molecule has 1 aromatic heterocycles. The first kappa shape index (κ1) is 9.50. The zero-order valence-electron chi connectivity index (χ0n) is 7.17. The Hall–Kier alpha value is -1.05. The molecular formula is C11H6Cl2N. The van der Waals surface area contributed by atoms with Crippen molar-refractivity contribution in [1.29, 1.82) is 0 Å². The smallest absolute Gasteiger partial charge is 0.0892 e. The summed E-state index contributed by atoms with van der Waals surface area (Å²) in [6.45, 7) is 0. The Labute approximate surface area is 92.3 Å². The molecule has 0 amide bonds. The van der Waals surface area contributed by atoms with Gasteiger partial charge in [-0.25, -0.2) is 0 Å². The normalized spacial score (nSPS) is 10.1. The number of pyridine rings is 1. The van der Waals surface area contributed by atoms with Gasteiger partial charge in [0.05, 0.1) is 6.20 Å². The van der Waals surface area contributed by atoms with Crippen molar-refractivity contribution in [3.05, 3.63) is 52.8 Å². The van der Waals surface area contributed by atoms with Crippen LogP contribution in [-0.2, 0) is 0 Å². The highest BCUT2D eigenvalue weighted by molar-refractivity contribution is 6.39. The van der Waals surface area contributed by atoms with Crippen LogP contribution in [0.5, 0.6) is 0 Å². The van der Waals surface area contributed by atoms with E-state index < -0.39 is 0 Å². The van der Waals surface area contributed by atoms with E-state index in [1.807, 2.05) is 24.3 Å². The molecule has 0 aliphatic rings. The molecule has 1 nitrogen and oxygen atoms in total. The zero-order chi connectivity index (χ0) is 9.97. The topological polar surface area (TPSA) is 12.9 Å². The minimum absolute atomic E-state index is 0.636. The molecule has 0 spiro atoms. The Kier molecular flexibility index (Phi) is 2.71. The second-order valence-corrected chi connectivity index (χ2v) is 3.58. The fourth-order valence-electron chi connectivity index (χ4n) is 1.24. The molecule has 69 valence electrons. The van der Waals surface area contributed by atoms with Crippen LogP contribution < -0.4 is 0 Å². The number of hydrogen-bond donors (Lipinski definition) is 0. The lowest BCUT2D eigenvalue weighted by atomic mass is 10.1. The van der Waals surface area contributed by atoms with Crippen LogP contribution in [0.4, 0.5) is 0 Å². The Morgan fingerprint density at radius 1 is 1.07 bits per heavy atom. The molecule has 0 unspecified atom stereocenters. The maximum Gasteiger partial charge on any atom is 0.0892 e. The molecule has 2 rings (SSSR count). The first-order chi connectivity index (χ1) is 6.79. The van der Waals surface area contributed by atoms with Crippen LogP contribution in [0.15, 0.2) is 36.5 Å². The number of nitrogens with zero attached hydrogens (tertiary/aromatic N) is 1. The molecule has 0 aliphatic carbocycles. The third-order valence-electron chi connectivity index (χ3n) is 1.87. The summed E-state index contributed by atoms with van der Waals surface area (Å²) in [7, 11) is 0. The van der Waals surface area contributed by atoms with Gasteiger partial charge in [-0.05, 0) is 29.8 Å². The average Bonchev–Trinajstić information content (AvgIpc) is 2.19. The number of rotatable bonds is 1. The van der Waals surface area contributed by atoms with E-state index >= 15 is 0 Å². The SMILES string of the molecule is Clc1cccc(Cl)c1-c1c[c]ncc1. The summed E-state index contributed by atoms with van der Waals surface area (Å²) in [4.78, 5) is 3.82. The van der Waals surface area contributed by atoms with Crippen LogP contribution in [-0.4, -0.2) is 4.98 Å². The van der Waals surface area contributed by atoms with Crippen LogP contribution in [0, 0.1) is 6.20 Å². The lowest BCUT2D eigenvalue weighted by molar-refractivity contribution is 1.31. The summed E-state index contributed by atoms with van der Waals surface area (Å²) in [6.07, 6.45) is 4.41. The van der Waals surface area contributed by atoms with Crippen molar-refractivity contribution in [2.75, 3.05) is 0 Å². The molecule has 0 N–H and O–H groups in total. The van der Waals surface area contributed by atoms with Gasteiger partial charge < -0.3 is 0 Å². The van der Waals surface area contributed by atoms with E-state index in [1.165, 1.54) is 0 Å². The summed E-state index contributed by atoms with van der Waals surface area (Å²) in [5.74, 6) is 0. The first-order valence-electron chi connectivity index (χ1n) is 4.05. The van der Waals surface area contributed by atoms with E-state index in [-0.39, 0.29) is 0 Å². The van der Waals surface area contributed by atoms with Crippen LogP contribution in [0.25, 0.3) is 11.1 Å². The van der Waals surface area contributed by atoms with E-state index in [1.54, 1.807) is 12.3 Å². The number of aromatic nitrogens is 1. The van der Waals surface area contributed by atoms with Gasteiger partial charge in [0.2, 0.25) is 0 Å². The monoisotopic (exact) mass is 222 g/mol. The number of hydrogen-bond acceptors (Lipinski definition) is 1. The van der Waals surface area contributed by atoms with Crippen LogP contribution in [0.2, 0.25) is 10.0 Å². The van der Waals surface area contributed by atoms with Crippen molar-refractivity contribution in [1.82, 2.24) is 4.98 Å². The predicted octanol–water partition coefficient (Wildman–Crippen LogP) is 3.86. The standard InChI is InChI=1S/C11H6Cl2N/c12-9-2-1-3-10(13)11(9)8-4-6-14-7-5-8/h1-6H. The fraction of sp³-hybridized carbons (Fsp3) is 0. The van der Waals surface area contributed by atoms with Crippen LogP contribution in [0.1, 0.15) is 0 Å². The van der Waals surface area contributed by atoms with E-state index in [4.69, 9.17) is 23.2 Å². The van der Waals surface area contributed by atoms with Crippen molar-refractivity contribution >= 4 is 23.2 Å². The first-order valence-corrected chi connectivity index (χ1v) is 4.81. The highest BCUT2D eigenvalue weighted by atomic mass is 35.5. The quantitative estimate of drug-likeness (QED) is 0.715. The minimum Gasteiger partial charge on any atom is -0.255 e. The van der Waals surface area contributed by atoms with Gasteiger partial charge in [-0.2, -0.15) is 0 Å². The third-order valence-corrected chi connectivity index (χ3v) is 2.50. The molecule has 14 heavy (non-hydrogen) atoms. The van der Waals surface area contributed by atoms with Crippen molar-refractivity contribution in [3.8, 4) is 11.1 Å². The second-order valence-electron chi connectivity index (χ2n) is 2.77. The molecule has 1 heterocycles. The largest absolute Gasteiger partial charge is 0.255 e. The van der Waals surface area contributed by atoms with Crippen molar-refractivity contribution in [2.24, 2.45) is 0 Å². The van der Waals surface area contributed by atoms with Gasteiger partial charge in [-0.15, -0.1) is 0 Å². The Morgan fingerprint density at radius 3 is 2.36 bits per heavy atom. The second kappa shape index (κ2) is 3.99. The third kappa shape index (κ3) is 1.74. The number of benzene rings is 1. The van der Waals surface area contributed by atoms with Gasteiger partial charge in [0.15, 0.2) is 0 Å². The van der Waals surface area contributed by atoms with Crippen LogP contribution in [0.3, 0.4) is 0 Å². The molecule has 1 aromatic carbocycles. The molecule has 0 atom stereocenters. The maximum atomic E-state index is 6.05. The lowest BCUT2D eigenvalue weighted by Crippen LogP contribution is -1.81. The summed E-state index contributed by atoms with van der Waals surface area (Å²) in [6, 6.07) is 9.04. The molecule has 0 saturated heterocycles. The summed E-state index contributed by atoms with van der Waals surface area (Å²) in [5.41, 5.74) is 1.75. The van der Waals surface area contributed by atoms with Crippen molar-refractivity contribution in [3.63, 3.8) is 0 Å². The van der Waals surface area contributed by atoms with Gasteiger partial charge in [-0.3, -0.25) is 4.98 Å². The fourth-order valence-corrected chi connectivity index (χ4v) is 1.86. The molecule has 1 radical (unpaired) electrons. The zero-order valence-corrected chi connectivity index (χ0v) is 8.68. The van der Waals surface area contributed by atoms with E-state index in [9.17, 15) is 0 Å². The predicted molar refractivity (Wildman–Crippen MR) is 58.5 cm³/mol. The number of halogens is 2. The van der Waals surface area contributed by atoms with Gasteiger partial charge in [0.25, 0.3) is 0 Å². The Balaban J connectivity index is 2.63. The minimum atomic E-state index is 0.636. The Morgan fingerprint density at radius 2 is 1.79 bits per heavy atom. The Bertz CT molecular complexity index is 420. The molecule has 0 bridgehead atoms. The lowest BCUT2D eigenvalue weighted by Gasteiger charge is -2.05. The van der Waals surface area contributed by atoms with Gasteiger partial charge in [0, 0.05) is 21.8 Å². The van der Waals surface area contributed by atoms with Crippen molar-refractivity contribution < 1.29 is 0 Å². The summed E-state index contributed by atoms with van der Waals surface area (Å²) < 4.78 is 0.